The molecule has 2 aromatic rings. The maximum absolute atomic E-state index is 14.1. The normalized spacial score (nSPS) is 18.1. The molecule has 0 saturated heterocycles. The van der Waals surface area contributed by atoms with Crippen molar-refractivity contribution in [3.05, 3.63) is 64.0 Å². The van der Waals surface area contributed by atoms with Crippen LogP contribution in [0.15, 0.2) is 35.2 Å². The van der Waals surface area contributed by atoms with Crippen LogP contribution in [-0.4, -0.2) is 25.2 Å². The Kier molecular flexibility index (Phi) is 4.93. The highest BCUT2D eigenvalue weighted by molar-refractivity contribution is 7.91. The number of alkyl halides is 4. The average molecular weight is 417 g/mol. The molecule has 10 heteroatoms. The molecular formula is C18H12F5NO3S. The van der Waals surface area contributed by atoms with E-state index in [0.717, 1.165) is 24.3 Å². The highest BCUT2D eigenvalue weighted by atomic mass is 32.2. The summed E-state index contributed by atoms with van der Waals surface area (Å²) >= 11 is 0. The lowest BCUT2D eigenvalue weighted by atomic mass is 9.96. The molecule has 3 rings (SSSR count). The Hall–Kier alpha value is -2.51. The van der Waals surface area contributed by atoms with Crippen molar-refractivity contribution in [1.82, 2.24) is 0 Å². The largest absolute Gasteiger partial charge is 0.382 e. The maximum Gasteiger partial charge on any atom is 0.341 e. The highest BCUT2D eigenvalue weighted by Crippen LogP contribution is 2.48. The summed E-state index contributed by atoms with van der Waals surface area (Å²) in [6, 6.07) is 6.94. The van der Waals surface area contributed by atoms with Crippen molar-refractivity contribution in [2.24, 2.45) is 0 Å². The van der Waals surface area contributed by atoms with Crippen LogP contribution in [0.3, 0.4) is 0 Å². The standard InChI is InChI=1S/C18H12F5NO3S/c19-12-5-9(3-10(6-12)8-24)4-11-1-2-14(28(26,27)17(20)21)15-13(11)7-18(22,23)16(15)25/h1-3,5-6,16-17,25H,4,7H2/t16-/m0/s1. The van der Waals surface area contributed by atoms with Gasteiger partial charge in [-0.1, -0.05) is 6.07 Å². The van der Waals surface area contributed by atoms with Gasteiger partial charge in [0.05, 0.1) is 16.5 Å². The van der Waals surface area contributed by atoms with E-state index in [1.165, 1.54) is 6.07 Å². The first-order valence-electron chi connectivity index (χ1n) is 7.89. The van der Waals surface area contributed by atoms with E-state index < -0.39 is 50.3 Å². The van der Waals surface area contributed by atoms with Crippen molar-refractivity contribution in [3.8, 4) is 6.07 Å². The molecule has 28 heavy (non-hydrogen) atoms. The van der Waals surface area contributed by atoms with E-state index in [2.05, 4.69) is 0 Å². The lowest BCUT2D eigenvalue weighted by molar-refractivity contribution is -0.0976. The first kappa shape index (κ1) is 20.2. The van der Waals surface area contributed by atoms with Crippen LogP contribution in [-0.2, 0) is 22.7 Å². The highest BCUT2D eigenvalue weighted by Gasteiger charge is 2.50. The molecule has 1 atom stereocenters. The molecule has 0 unspecified atom stereocenters. The number of fused-ring (bicyclic) bond motifs is 1. The molecule has 0 aromatic heterocycles. The molecule has 0 saturated carbocycles. The maximum atomic E-state index is 14.1. The zero-order valence-corrected chi connectivity index (χ0v) is 14.8. The number of sulfone groups is 1. The van der Waals surface area contributed by atoms with Crippen LogP contribution in [0.4, 0.5) is 22.0 Å². The fourth-order valence-electron chi connectivity index (χ4n) is 3.29. The summed E-state index contributed by atoms with van der Waals surface area (Å²) in [5, 5.41) is 18.8. The SMILES string of the molecule is N#Cc1cc(F)cc(Cc2ccc(S(=O)(=O)C(F)F)c3c2CC(F)(F)[C@H]3O)c1. The Balaban J connectivity index is 2.17. The molecule has 0 heterocycles. The van der Waals surface area contributed by atoms with Gasteiger partial charge in [-0.25, -0.2) is 21.6 Å². The van der Waals surface area contributed by atoms with Gasteiger partial charge in [0, 0.05) is 12.0 Å². The molecule has 1 N–H and O–H groups in total. The van der Waals surface area contributed by atoms with Gasteiger partial charge in [0.1, 0.15) is 11.9 Å². The van der Waals surface area contributed by atoms with Crippen LogP contribution < -0.4 is 0 Å². The van der Waals surface area contributed by atoms with Gasteiger partial charge in [-0.15, -0.1) is 0 Å². The number of nitriles is 1. The molecule has 0 radical (unpaired) electrons. The number of nitrogens with zero attached hydrogens (tertiary/aromatic N) is 1. The summed E-state index contributed by atoms with van der Waals surface area (Å²) in [5.41, 5.74) is -0.683. The van der Waals surface area contributed by atoms with Gasteiger partial charge >= 0.3 is 5.76 Å². The monoisotopic (exact) mass is 417 g/mol. The number of benzene rings is 2. The molecule has 4 nitrogen and oxygen atoms in total. The van der Waals surface area contributed by atoms with Crippen LogP contribution in [0, 0.1) is 17.1 Å². The second-order valence-electron chi connectivity index (χ2n) is 6.40. The lowest BCUT2D eigenvalue weighted by Crippen LogP contribution is -2.23. The number of rotatable bonds is 4. The molecule has 0 amide bonds. The van der Waals surface area contributed by atoms with Gasteiger partial charge in [-0.3, -0.25) is 0 Å². The predicted molar refractivity (Wildman–Crippen MR) is 87.2 cm³/mol. The average Bonchev–Trinajstić information content (AvgIpc) is 2.85. The molecule has 2 aromatic carbocycles. The first-order chi connectivity index (χ1) is 13.0. The topological polar surface area (TPSA) is 78.2 Å². The summed E-state index contributed by atoms with van der Waals surface area (Å²) in [6.45, 7) is 0. The second-order valence-corrected chi connectivity index (χ2v) is 8.28. The Morgan fingerprint density at radius 2 is 1.93 bits per heavy atom. The van der Waals surface area contributed by atoms with E-state index in [1.54, 1.807) is 6.07 Å². The third-order valence-corrected chi connectivity index (χ3v) is 5.96. The lowest BCUT2D eigenvalue weighted by Gasteiger charge is -2.16. The molecule has 1 aliphatic carbocycles. The minimum absolute atomic E-state index is 0.00564. The fraction of sp³-hybridized carbons (Fsp3) is 0.278. The number of hydrogen-bond donors (Lipinski definition) is 1. The van der Waals surface area contributed by atoms with Gasteiger partial charge < -0.3 is 5.11 Å². The van der Waals surface area contributed by atoms with E-state index >= 15 is 0 Å². The summed E-state index contributed by atoms with van der Waals surface area (Å²) in [6.07, 6.45) is -3.77. The third kappa shape index (κ3) is 3.36. The van der Waals surface area contributed by atoms with Crippen LogP contribution in [0.25, 0.3) is 0 Å². The van der Waals surface area contributed by atoms with E-state index in [0.29, 0.717) is 0 Å². The molecular weight excluding hydrogens is 405 g/mol. The Morgan fingerprint density at radius 1 is 1.25 bits per heavy atom. The van der Waals surface area contributed by atoms with Gasteiger partial charge in [0.25, 0.3) is 5.92 Å². The fourth-order valence-corrected chi connectivity index (χ4v) is 4.28. The quantitative estimate of drug-likeness (QED) is 0.773. The summed E-state index contributed by atoms with van der Waals surface area (Å²) in [5.74, 6) is -8.32. The molecule has 0 aliphatic heterocycles. The van der Waals surface area contributed by atoms with Gasteiger partial charge in [0.15, 0.2) is 0 Å². The van der Waals surface area contributed by atoms with Crippen LogP contribution in [0.5, 0.6) is 0 Å². The van der Waals surface area contributed by atoms with Crippen molar-refractivity contribution in [2.45, 2.75) is 35.5 Å². The van der Waals surface area contributed by atoms with E-state index in [-0.39, 0.29) is 28.7 Å². The van der Waals surface area contributed by atoms with Gasteiger partial charge in [0.2, 0.25) is 9.84 Å². The number of aliphatic hydroxyl groups is 1. The van der Waals surface area contributed by atoms with Gasteiger partial charge in [-0.2, -0.15) is 14.0 Å². The second kappa shape index (κ2) is 6.83. The molecule has 0 spiro atoms. The Bertz CT molecular complexity index is 1090. The summed E-state index contributed by atoms with van der Waals surface area (Å²) < 4.78 is 91.3. The van der Waals surface area contributed by atoms with Crippen LogP contribution in [0.1, 0.15) is 33.9 Å². The van der Waals surface area contributed by atoms with Crippen molar-refractivity contribution in [2.75, 3.05) is 0 Å². The van der Waals surface area contributed by atoms with E-state index in [4.69, 9.17) is 5.26 Å². The van der Waals surface area contributed by atoms with E-state index in [9.17, 15) is 35.5 Å². The van der Waals surface area contributed by atoms with Crippen LogP contribution >= 0.6 is 0 Å². The number of hydrogen-bond acceptors (Lipinski definition) is 4. The number of halogens is 5. The van der Waals surface area contributed by atoms with Crippen LogP contribution in [0.2, 0.25) is 0 Å². The van der Waals surface area contributed by atoms with Crippen molar-refractivity contribution in [3.63, 3.8) is 0 Å². The van der Waals surface area contributed by atoms with E-state index in [1.807, 2.05) is 0 Å². The molecule has 1 aliphatic rings. The number of aliphatic hydroxyl groups excluding tert-OH is 1. The molecule has 0 fully saturated rings. The molecule has 0 bridgehead atoms. The zero-order chi connectivity index (χ0) is 20.9. The Labute approximate surface area is 156 Å². The first-order valence-corrected chi connectivity index (χ1v) is 9.44. The molecule has 148 valence electrons. The zero-order valence-electron chi connectivity index (χ0n) is 14.0. The summed E-state index contributed by atoms with van der Waals surface area (Å²) in [7, 11) is -5.22. The van der Waals surface area contributed by atoms with Gasteiger partial charge in [-0.05, 0) is 47.4 Å². The van der Waals surface area contributed by atoms with Crippen molar-refractivity contribution >= 4 is 9.84 Å². The van der Waals surface area contributed by atoms with Crippen molar-refractivity contribution in [1.29, 1.82) is 5.26 Å². The third-order valence-electron chi connectivity index (χ3n) is 4.52. The minimum atomic E-state index is -5.22. The van der Waals surface area contributed by atoms with Crippen molar-refractivity contribution < 1.29 is 35.5 Å². The summed E-state index contributed by atoms with van der Waals surface area (Å²) in [4.78, 5) is -1.05. The Morgan fingerprint density at radius 3 is 2.54 bits per heavy atom. The smallest absolute Gasteiger partial charge is 0.341 e. The minimum Gasteiger partial charge on any atom is -0.382 e. The predicted octanol–water partition coefficient (Wildman–Crippen LogP) is 3.51.